The van der Waals surface area contributed by atoms with Gasteiger partial charge in [0.05, 0.1) is 13.2 Å². The van der Waals surface area contributed by atoms with Gasteiger partial charge >= 0.3 is 5.97 Å². The first-order chi connectivity index (χ1) is 9.46. The molecule has 1 aliphatic carbocycles. The van der Waals surface area contributed by atoms with Crippen molar-refractivity contribution in [2.24, 2.45) is 11.3 Å². The summed E-state index contributed by atoms with van der Waals surface area (Å²) in [5.41, 5.74) is 0.364. The largest absolute Gasteiger partial charge is 0.462 e. The number of hydrogen-bond donors (Lipinski definition) is 1. The summed E-state index contributed by atoms with van der Waals surface area (Å²) in [5, 5.41) is 9.68. The van der Waals surface area contributed by atoms with E-state index >= 15 is 0 Å². The Morgan fingerprint density at radius 1 is 1.15 bits per heavy atom. The molecule has 1 saturated carbocycles. The fraction of sp³-hybridized carbons (Fsp3) is 0.933. The molecule has 2 saturated heterocycles. The molecule has 5 nitrogen and oxygen atoms in total. The summed E-state index contributed by atoms with van der Waals surface area (Å²) in [7, 11) is 0. The van der Waals surface area contributed by atoms with Crippen LogP contribution in [0.4, 0.5) is 0 Å². The number of aliphatic hydroxyl groups excluding tert-OH is 1. The number of hydrogen-bond acceptors (Lipinski definition) is 5. The maximum absolute atomic E-state index is 12.3. The summed E-state index contributed by atoms with van der Waals surface area (Å²) in [5.74, 6) is -0.608. The molecular weight excluding hydrogens is 260 g/mol. The fourth-order valence-corrected chi connectivity index (χ4v) is 3.42. The van der Waals surface area contributed by atoms with Crippen molar-refractivity contribution in [3.63, 3.8) is 0 Å². The molecule has 3 rings (SSSR count). The lowest BCUT2D eigenvalue weighted by molar-refractivity contribution is -0.159. The van der Waals surface area contributed by atoms with Gasteiger partial charge in [0.15, 0.2) is 0 Å². The highest BCUT2D eigenvalue weighted by molar-refractivity contribution is 5.74. The average Bonchev–Trinajstić information content (AvgIpc) is 2.95. The number of ether oxygens (including phenoxy) is 3. The first-order valence-corrected chi connectivity index (χ1v) is 7.58. The lowest BCUT2D eigenvalue weighted by Crippen LogP contribution is -2.36. The van der Waals surface area contributed by atoms with E-state index in [0.717, 1.165) is 25.7 Å². The summed E-state index contributed by atoms with van der Waals surface area (Å²) in [6, 6.07) is 0. The monoisotopic (exact) mass is 284 g/mol. The van der Waals surface area contributed by atoms with E-state index < -0.39 is 6.10 Å². The SMILES string of the molecule is CC1(C)CCC(OC(=O)[C@H]2CO[C@@H]3C(O)CO[C@H]23)CC1. The minimum atomic E-state index is -0.617. The van der Waals surface area contributed by atoms with Gasteiger partial charge in [0.25, 0.3) is 0 Å². The molecule has 0 bridgehead atoms. The van der Waals surface area contributed by atoms with E-state index in [2.05, 4.69) is 13.8 Å². The Kier molecular flexibility index (Phi) is 3.77. The van der Waals surface area contributed by atoms with Crippen LogP contribution >= 0.6 is 0 Å². The number of carbonyl (C=O) groups is 1. The van der Waals surface area contributed by atoms with E-state index in [9.17, 15) is 9.90 Å². The first kappa shape index (κ1) is 14.3. The predicted molar refractivity (Wildman–Crippen MR) is 71.1 cm³/mol. The van der Waals surface area contributed by atoms with Crippen LogP contribution in [0.25, 0.3) is 0 Å². The van der Waals surface area contributed by atoms with E-state index in [4.69, 9.17) is 14.2 Å². The lowest BCUT2D eigenvalue weighted by atomic mass is 9.76. The second-order valence-electron chi connectivity index (χ2n) is 7.07. The molecule has 114 valence electrons. The summed E-state index contributed by atoms with van der Waals surface area (Å²) in [6.45, 7) is 5.06. The summed E-state index contributed by atoms with van der Waals surface area (Å²) < 4.78 is 16.6. The van der Waals surface area contributed by atoms with Crippen molar-refractivity contribution >= 4 is 5.97 Å². The molecule has 5 heteroatoms. The average molecular weight is 284 g/mol. The highest BCUT2D eigenvalue weighted by Gasteiger charge is 2.50. The van der Waals surface area contributed by atoms with Crippen LogP contribution in [0.15, 0.2) is 0 Å². The van der Waals surface area contributed by atoms with Crippen molar-refractivity contribution < 1.29 is 24.1 Å². The number of rotatable bonds is 2. The molecule has 0 aromatic rings. The van der Waals surface area contributed by atoms with E-state index in [1.54, 1.807) is 0 Å². The van der Waals surface area contributed by atoms with E-state index in [1.165, 1.54) is 0 Å². The van der Waals surface area contributed by atoms with Crippen molar-refractivity contribution in [3.8, 4) is 0 Å². The molecule has 20 heavy (non-hydrogen) atoms. The molecular formula is C15H24O5. The quantitative estimate of drug-likeness (QED) is 0.774. The Labute approximate surface area is 119 Å². The zero-order valence-corrected chi connectivity index (χ0v) is 12.2. The molecule has 1 unspecified atom stereocenters. The number of esters is 1. The molecule has 0 radical (unpaired) electrons. The Morgan fingerprint density at radius 3 is 2.50 bits per heavy atom. The van der Waals surface area contributed by atoms with Gasteiger partial charge in [-0.05, 0) is 31.1 Å². The van der Waals surface area contributed by atoms with Gasteiger partial charge in [0, 0.05) is 0 Å². The second kappa shape index (κ2) is 5.28. The standard InChI is InChI=1S/C15H24O5/c1-15(2)5-3-9(4-6-15)20-14(17)10-7-18-13-11(16)8-19-12(10)13/h9-13,16H,3-8H2,1-2H3/t10-,11?,12+,13+/m0/s1. The summed E-state index contributed by atoms with van der Waals surface area (Å²) in [6.07, 6.45) is 2.76. The molecule has 3 fully saturated rings. The van der Waals surface area contributed by atoms with Gasteiger partial charge < -0.3 is 19.3 Å². The van der Waals surface area contributed by atoms with Crippen molar-refractivity contribution in [3.05, 3.63) is 0 Å². The summed E-state index contributed by atoms with van der Waals surface area (Å²) in [4.78, 5) is 12.3. The molecule has 1 N–H and O–H groups in total. The Morgan fingerprint density at radius 2 is 1.80 bits per heavy atom. The van der Waals surface area contributed by atoms with Gasteiger partial charge in [-0.25, -0.2) is 0 Å². The van der Waals surface area contributed by atoms with Crippen LogP contribution in [0.1, 0.15) is 39.5 Å². The number of carbonyl (C=O) groups excluding carboxylic acids is 1. The van der Waals surface area contributed by atoms with E-state index in [0.29, 0.717) is 12.0 Å². The van der Waals surface area contributed by atoms with Crippen molar-refractivity contribution in [1.82, 2.24) is 0 Å². The normalized spacial score (nSPS) is 40.5. The van der Waals surface area contributed by atoms with Gasteiger partial charge in [0.2, 0.25) is 0 Å². The Bertz CT molecular complexity index is 370. The van der Waals surface area contributed by atoms with Crippen molar-refractivity contribution in [2.75, 3.05) is 13.2 Å². The Balaban J connectivity index is 1.53. The molecule has 0 spiro atoms. The smallest absolute Gasteiger partial charge is 0.314 e. The third-order valence-electron chi connectivity index (χ3n) is 4.90. The third kappa shape index (κ3) is 2.71. The minimum Gasteiger partial charge on any atom is -0.462 e. The van der Waals surface area contributed by atoms with Gasteiger partial charge in [-0.3, -0.25) is 4.79 Å². The first-order valence-electron chi connectivity index (χ1n) is 7.58. The van der Waals surface area contributed by atoms with E-state index in [1.807, 2.05) is 0 Å². The van der Waals surface area contributed by atoms with Gasteiger partial charge in [-0.2, -0.15) is 0 Å². The third-order valence-corrected chi connectivity index (χ3v) is 4.90. The molecule has 2 aliphatic heterocycles. The van der Waals surface area contributed by atoms with Crippen LogP contribution in [0.5, 0.6) is 0 Å². The fourth-order valence-electron chi connectivity index (χ4n) is 3.42. The van der Waals surface area contributed by atoms with Crippen LogP contribution in [-0.2, 0) is 19.0 Å². The maximum Gasteiger partial charge on any atom is 0.314 e. The van der Waals surface area contributed by atoms with Crippen LogP contribution < -0.4 is 0 Å². The topological polar surface area (TPSA) is 65.0 Å². The lowest BCUT2D eigenvalue weighted by Gasteiger charge is -2.34. The van der Waals surface area contributed by atoms with Crippen molar-refractivity contribution in [2.45, 2.75) is 63.9 Å². The van der Waals surface area contributed by atoms with Crippen LogP contribution in [-0.4, -0.2) is 48.7 Å². The van der Waals surface area contributed by atoms with Gasteiger partial charge in [-0.15, -0.1) is 0 Å². The van der Waals surface area contributed by atoms with Crippen LogP contribution in [0.3, 0.4) is 0 Å². The maximum atomic E-state index is 12.3. The number of aliphatic hydroxyl groups is 1. The highest BCUT2D eigenvalue weighted by Crippen LogP contribution is 2.37. The second-order valence-corrected chi connectivity index (χ2v) is 7.07. The minimum absolute atomic E-state index is 0.0286. The van der Waals surface area contributed by atoms with E-state index in [-0.39, 0.29) is 36.8 Å². The molecule has 2 heterocycles. The molecule has 3 aliphatic rings. The van der Waals surface area contributed by atoms with Gasteiger partial charge in [0.1, 0.15) is 30.3 Å². The number of fused-ring (bicyclic) bond motifs is 1. The van der Waals surface area contributed by atoms with Gasteiger partial charge in [-0.1, -0.05) is 13.8 Å². The molecule has 0 aromatic carbocycles. The zero-order valence-electron chi connectivity index (χ0n) is 12.2. The molecule has 0 amide bonds. The summed E-state index contributed by atoms with van der Waals surface area (Å²) >= 11 is 0. The zero-order chi connectivity index (χ0) is 14.3. The molecule has 0 aromatic heterocycles. The Hall–Kier alpha value is -0.650. The van der Waals surface area contributed by atoms with Crippen LogP contribution in [0, 0.1) is 11.3 Å². The predicted octanol–water partition coefficient (Wildman–Crippen LogP) is 1.27. The van der Waals surface area contributed by atoms with Crippen LogP contribution in [0.2, 0.25) is 0 Å². The molecule has 4 atom stereocenters. The highest BCUT2D eigenvalue weighted by atomic mass is 16.6. The van der Waals surface area contributed by atoms with Crippen molar-refractivity contribution in [1.29, 1.82) is 0 Å².